The van der Waals surface area contributed by atoms with Crippen LogP contribution in [0.5, 0.6) is 0 Å². The largest absolute Gasteiger partial charge is 0.463 e. The van der Waals surface area contributed by atoms with Crippen molar-refractivity contribution < 1.29 is 61.6 Å². The molecule has 0 aliphatic rings. The van der Waals surface area contributed by atoms with Crippen molar-refractivity contribution in [2.24, 2.45) is 5.92 Å². The van der Waals surface area contributed by atoms with Crippen LogP contribution in [0.1, 0.15) is 78.6 Å². The normalized spacial score (nSPS) is 12.1. The quantitative estimate of drug-likeness (QED) is 0.0625. The number of hydrogen-bond acceptors (Lipinski definition) is 13. The summed E-state index contributed by atoms with van der Waals surface area (Å²) >= 11 is 0. The Balaban J connectivity index is 3.10. The molecule has 0 saturated heterocycles. The van der Waals surface area contributed by atoms with Gasteiger partial charge in [0.1, 0.15) is 6.61 Å². The molecule has 50 heavy (non-hydrogen) atoms. The third-order valence-electron chi connectivity index (χ3n) is 7.29. The maximum absolute atomic E-state index is 11.7. The fourth-order valence-electron chi connectivity index (χ4n) is 4.11. The van der Waals surface area contributed by atoms with Crippen LogP contribution in [0.15, 0.2) is 0 Å². The molecular formula is C37H74O13. The van der Waals surface area contributed by atoms with E-state index in [1.807, 2.05) is 0 Å². The Morgan fingerprint density at radius 3 is 0.980 bits per heavy atom. The molecule has 0 N–H and O–H groups in total. The molecule has 0 amide bonds. The van der Waals surface area contributed by atoms with Gasteiger partial charge in [0.25, 0.3) is 0 Å². The molecule has 0 aliphatic carbocycles. The Bertz CT molecular complexity index is 644. The summed E-state index contributed by atoms with van der Waals surface area (Å²) in [5, 5.41) is 0. The molecule has 0 aromatic rings. The second-order valence-electron chi connectivity index (χ2n) is 11.8. The summed E-state index contributed by atoms with van der Waals surface area (Å²) in [4.78, 5) is 11.7. The summed E-state index contributed by atoms with van der Waals surface area (Å²) in [6.45, 7) is 18.4. The molecule has 0 aromatic carbocycles. The van der Waals surface area contributed by atoms with E-state index in [1.54, 1.807) is 0 Å². The van der Waals surface area contributed by atoms with E-state index in [0.29, 0.717) is 151 Å². The highest BCUT2D eigenvalue weighted by atomic mass is 16.6. The minimum atomic E-state index is -0.140. The first-order chi connectivity index (χ1) is 24.7. The van der Waals surface area contributed by atoms with E-state index < -0.39 is 0 Å². The Morgan fingerprint density at radius 1 is 0.380 bits per heavy atom. The minimum Gasteiger partial charge on any atom is -0.463 e. The summed E-state index contributed by atoms with van der Waals surface area (Å²) in [6.07, 6.45) is 9.93. The van der Waals surface area contributed by atoms with Gasteiger partial charge in [0, 0.05) is 13.0 Å². The molecule has 300 valence electrons. The van der Waals surface area contributed by atoms with Crippen LogP contribution in [0.4, 0.5) is 0 Å². The number of unbranched alkanes of at least 4 members (excludes halogenated alkanes) is 6. The van der Waals surface area contributed by atoms with Gasteiger partial charge in [-0.1, -0.05) is 65.7 Å². The van der Waals surface area contributed by atoms with E-state index in [9.17, 15) is 4.79 Å². The zero-order chi connectivity index (χ0) is 36.3. The summed E-state index contributed by atoms with van der Waals surface area (Å²) in [5.41, 5.74) is 0. The second kappa shape index (κ2) is 44.2. The number of ether oxygens (including phenoxy) is 12. The number of rotatable bonds is 44. The Morgan fingerprint density at radius 2 is 0.660 bits per heavy atom. The lowest BCUT2D eigenvalue weighted by Crippen LogP contribution is -2.15. The first kappa shape index (κ1) is 49.0. The van der Waals surface area contributed by atoms with Gasteiger partial charge in [0.2, 0.25) is 0 Å². The molecular weight excluding hydrogens is 652 g/mol. The van der Waals surface area contributed by atoms with Crippen LogP contribution in [0.25, 0.3) is 0 Å². The van der Waals surface area contributed by atoms with Gasteiger partial charge >= 0.3 is 5.97 Å². The fourth-order valence-corrected chi connectivity index (χ4v) is 4.11. The van der Waals surface area contributed by atoms with Crippen molar-refractivity contribution in [3.63, 3.8) is 0 Å². The molecule has 0 saturated carbocycles. The van der Waals surface area contributed by atoms with Crippen LogP contribution < -0.4 is 0 Å². The van der Waals surface area contributed by atoms with E-state index in [1.165, 1.54) is 32.1 Å². The van der Waals surface area contributed by atoms with E-state index in [-0.39, 0.29) is 12.6 Å². The van der Waals surface area contributed by atoms with Crippen molar-refractivity contribution in [1.82, 2.24) is 0 Å². The first-order valence-corrected chi connectivity index (χ1v) is 19.2. The third kappa shape index (κ3) is 43.2. The molecule has 0 bridgehead atoms. The Labute approximate surface area is 303 Å². The smallest absolute Gasteiger partial charge is 0.305 e. The van der Waals surface area contributed by atoms with Crippen LogP contribution in [-0.4, -0.2) is 158 Å². The lowest BCUT2D eigenvalue weighted by Gasteiger charge is -2.10. The van der Waals surface area contributed by atoms with Crippen molar-refractivity contribution in [2.75, 3.05) is 152 Å². The molecule has 0 aliphatic heterocycles. The highest BCUT2D eigenvalue weighted by molar-refractivity contribution is 5.69. The van der Waals surface area contributed by atoms with Crippen molar-refractivity contribution in [3.05, 3.63) is 0 Å². The highest BCUT2D eigenvalue weighted by Crippen LogP contribution is 2.08. The summed E-state index contributed by atoms with van der Waals surface area (Å²) < 4.78 is 65.5. The van der Waals surface area contributed by atoms with Gasteiger partial charge in [-0.05, 0) is 12.3 Å². The molecule has 0 fully saturated rings. The van der Waals surface area contributed by atoms with Crippen LogP contribution >= 0.6 is 0 Å². The van der Waals surface area contributed by atoms with Crippen molar-refractivity contribution in [2.45, 2.75) is 78.6 Å². The van der Waals surface area contributed by atoms with Crippen LogP contribution in [-0.2, 0) is 61.6 Å². The van der Waals surface area contributed by atoms with Crippen molar-refractivity contribution >= 4 is 5.97 Å². The number of carbonyl (C=O) groups is 1. The van der Waals surface area contributed by atoms with Crippen LogP contribution in [0.2, 0.25) is 0 Å². The molecule has 0 aromatic heterocycles. The Kier molecular flexibility index (Phi) is 43.3. The summed E-state index contributed by atoms with van der Waals surface area (Å²) in [7, 11) is 0. The zero-order valence-electron chi connectivity index (χ0n) is 32.0. The van der Waals surface area contributed by atoms with E-state index in [4.69, 9.17) is 56.8 Å². The number of esters is 1. The van der Waals surface area contributed by atoms with Gasteiger partial charge in [-0.15, -0.1) is 0 Å². The molecule has 1 atom stereocenters. The topological polar surface area (TPSA) is 128 Å². The van der Waals surface area contributed by atoms with E-state index >= 15 is 0 Å². The van der Waals surface area contributed by atoms with Gasteiger partial charge in [-0.2, -0.15) is 0 Å². The molecule has 13 nitrogen and oxygen atoms in total. The fraction of sp³-hybridized carbons (Fsp3) is 0.973. The maximum Gasteiger partial charge on any atom is 0.305 e. The van der Waals surface area contributed by atoms with Gasteiger partial charge < -0.3 is 56.8 Å². The van der Waals surface area contributed by atoms with Crippen LogP contribution in [0, 0.1) is 5.92 Å². The van der Waals surface area contributed by atoms with Gasteiger partial charge in [0.05, 0.1) is 139 Å². The Hall–Kier alpha value is -0.970. The molecule has 1 unspecified atom stereocenters. The van der Waals surface area contributed by atoms with Crippen LogP contribution in [0.3, 0.4) is 0 Å². The molecule has 0 heterocycles. The molecule has 0 rings (SSSR count). The average molecular weight is 727 g/mol. The predicted octanol–water partition coefficient (Wildman–Crippen LogP) is 4.90. The van der Waals surface area contributed by atoms with Crippen molar-refractivity contribution in [3.8, 4) is 0 Å². The lowest BCUT2D eigenvalue weighted by molar-refractivity contribution is -0.145. The number of carbonyl (C=O) groups excluding carboxylic acids is 1. The SMILES string of the molecule is CCCCCCCCCC(=O)OCCOCCOCCOCCOCCOCCOCCOCCOCCOCCOCCOCC(C)CC. The average Bonchev–Trinajstić information content (AvgIpc) is 3.12. The predicted molar refractivity (Wildman–Crippen MR) is 192 cm³/mol. The van der Waals surface area contributed by atoms with Gasteiger partial charge in [-0.3, -0.25) is 4.79 Å². The standard InChI is InChI=1S/C37H74O13/c1-4-6-7-8-9-10-11-12-37(38)50-34-33-48-30-29-46-26-25-44-22-21-42-18-17-40-14-13-39-15-16-41-19-20-43-23-24-45-27-28-47-31-32-49-35-36(3)5-2/h36H,4-35H2,1-3H3. The molecule has 0 radical (unpaired) electrons. The van der Waals surface area contributed by atoms with Gasteiger partial charge in [-0.25, -0.2) is 0 Å². The van der Waals surface area contributed by atoms with Gasteiger partial charge in [0.15, 0.2) is 0 Å². The summed E-state index contributed by atoms with van der Waals surface area (Å²) in [5.74, 6) is 0.455. The first-order valence-electron chi connectivity index (χ1n) is 19.2. The minimum absolute atomic E-state index is 0.140. The second-order valence-corrected chi connectivity index (χ2v) is 11.8. The third-order valence-corrected chi connectivity index (χ3v) is 7.29. The number of hydrogen-bond donors (Lipinski definition) is 0. The monoisotopic (exact) mass is 727 g/mol. The highest BCUT2D eigenvalue weighted by Gasteiger charge is 2.03. The molecule has 13 heteroatoms. The van der Waals surface area contributed by atoms with E-state index in [2.05, 4.69) is 20.8 Å². The maximum atomic E-state index is 11.7. The van der Waals surface area contributed by atoms with Crippen molar-refractivity contribution in [1.29, 1.82) is 0 Å². The summed E-state index contributed by atoms with van der Waals surface area (Å²) in [6, 6.07) is 0. The molecule has 0 spiro atoms. The van der Waals surface area contributed by atoms with E-state index in [0.717, 1.165) is 25.9 Å². The zero-order valence-corrected chi connectivity index (χ0v) is 32.0. The lowest BCUT2D eigenvalue weighted by atomic mass is 10.1.